The third-order valence-electron chi connectivity index (χ3n) is 4.98. The lowest BCUT2D eigenvalue weighted by Gasteiger charge is -2.14. The average Bonchev–Trinajstić information content (AvgIpc) is 3.16. The first-order chi connectivity index (χ1) is 14.6. The zero-order chi connectivity index (χ0) is 21.3. The van der Waals surface area contributed by atoms with Crippen LogP contribution in [-0.2, 0) is 0 Å². The Balaban J connectivity index is 1.96. The fourth-order valence-electron chi connectivity index (χ4n) is 3.58. The van der Waals surface area contributed by atoms with Gasteiger partial charge in [0.05, 0.1) is 32.6 Å². The molecule has 0 fully saturated rings. The van der Waals surface area contributed by atoms with E-state index >= 15 is 0 Å². The summed E-state index contributed by atoms with van der Waals surface area (Å²) in [7, 11) is 4.60. The van der Waals surface area contributed by atoms with Crippen LogP contribution in [0, 0.1) is 0 Å². The second-order valence-electron chi connectivity index (χ2n) is 6.67. The van der Waals surface area contributed by atoms with Crippen molar-refractivity contribution in [3.63, 3.8) is 0 Å². The zero-order valence-electron chi connectivity index (χ0n) is 16.8. The molecule has 4 aromatic rings. The lowest BCUT2D eigenvalue weighted by molar-refractivity contribution is 0.104. The SMILES string of the molecule is COc1cc(C(=O)c2c(-c3ccccc3)[nH]c3cc(Br)ccc23)cc(OC)c1OC. The Bertz CT molecular complexity index is 1210. The van der Waals surface area contributed by atoms with Gasteiger partial charge in [0.2, 0.25) is 5.75 Å². The van der Waals surface area contributed by atoms with Crippen LogP contribution in [0.25, 0.3) is 22.2 Å². The van der Waals surface area contributed by atoms with Gasteiger partial charge in [-0.05, 0) is 29.8 Å². The molecule has 1 aromatic heterocycles. The van der Waals surface area contributed by atoms with Crippen molar-refractivity contribution < 1.29 is 19.0 Å². The molecule has 6 heteroatoms. The first kappa shape index (κ1) is 20.0. The summed E-state index contributed by atoms with van der Waals surface area (Å²) in [5.74, 6) is 1.18. The number of rotatable bonds is 6. The maximum absolute atomic E-state index is 13.8. The number of carbonyl (C=O) groups excluding carboxylic acids is 1. The molecule has 152 valence electrons. The number of benzene rings is 3. The van der Waals surface area contributed by atoms with Crippen LogP contribution in [0.15, 0.2) is 65.1 Å². The van der Waals surface area contributed by atoms with Crippen molar-refractivity contribution in [3.8, 4) is 28.5 Å². The molecule has 0 atom stereocenters. The van der Waals surface area contributed by atoms with Gasteiger partial charge in [0.15, 0.2) is 17.3 Å². The van der Waals surface area contributed by atoms with Gasteiger partial charge in [0, 0.05) is 20.9 Å². The summed E-state index contributed by atoms with van der Waals surface area (Å²) in [6, 6.07) is 19.0. The monoisotopic (exact) mass is 465 g/mol. The van der Waals surface area contributed by atoms with Crippen molar-refractivity contribution in [2.45, 2.75) is 0 Å². The topological polar surface area (TPSA) is 60.6 Å². The van der Waals surface area contributed by atoms with Gasteiger partial charge in [-0.15, -0.1) is 0 Å². The van der Waals surface area contributed by atoms with Crippen molar-refractivity contribution in [2.75, 3.05) is 21.3 Å². The van der Waals surface area contributed by atoms with E-state index in [1.165, 1.54) is 21.3 Å². The summed E-state index contributed by atoms with van der Waals surface area (Å²) in [5.41, 5.74) is 3.62. The number of halogens is 1. The summed E-state index contributed by atoms with van der Waals surface area (Å²) in [5, 5.41) is 0.843. The second kappa shape index (κ2) is 8.24. The van der Waals surface area contributed by atoms with Gasteiger partial charge in [-0.3, -0.25) is 4.79 Å². The predicted molar refractivity (Wildman–Crippen MR) is 121 cm³/mol. The molecule has 0 aliphatic heterocycles. The maximum atomic E-state index is 13.8. The van der Waals surface area contributed by atoms with Crippen LogP contribution >= 0.6 is 15.9 Å². The standard InChI is InChI=1S/C24H20BrNO4/c1-28-19-11-15(12-20(29-2)24(19)30-3)23(27)21-17-10-9-16(25)13-18(17)26-22(21)14-7-5-4-6-8-14/h4-13,26H,1-3H3. The van der Waals surface area contributed by atoms with Crippen LogP contribution in [0.2, 0.25) is 0 Å². The fraction of sp³-hybridized carbons (Fsp3) is 0.125. The minimum absolute atomic E-state index is 0.137. The number of hydrogen-bond acceptors (Lipinski definition) is 4. The second-order valence-corrected chi connectivity index (χ2v) is 7.59. The molecule has 0 saturated carbocycles. The summed E-state index contributed by atoms with van der Waals surface area (Å²) in [6.45, 7) is 0. The Morgan fingerprint density at radius 1 is 0.867 bits per heavy atom. The summed E-state index contributed by atoms with van der Waals surface area (Å²) in [4.78, 5) is 17.2. The number of carbonyl (C=O) groups is 1. The minimum atomic E-state index is -0.137. The quantitative estimate of drug-likeness (QED) is 0.362. The number of H-pyrrole nitrogens is 1. The van der Waals surface area contributed by atoms with Crippen LogP contribution in [-0.4, -0.2) is 32.1 Å². The smallest absolute Gasteiger partial charge is 0.203 e. The zero-order valence-corrected chi connectivity index (χ0v) is 18.4. The molecule has 4 rings (SSSR count). The third kappa shape index (κ3) is 3.44. The largest absolute Gasteiger partial charge is 0.493 e. The van der Waals surface area contributed by atoms with Crippen molar-refractivity contribution in [1.29, 1.82) is 0 Å². The molecule has 5 nitrogen and oxygen atoms in total. The maximum Gasteiger partial charge on any atom is 0.203 e. The average molecular weight is 466 g/mol. The number of methoxy groups -OCH3 is 3. The highest BCUT2D eigenvalue weighted by molar-refractivity contribution is 9.10. The van der Waals surface area contributed by atoms with E-state index in [-0.39, 0.29) is 5.78 Å². The lowest BCUT2D eigenvalue weighted by Crippen LogP contribution is -2.05. The van der Waals surface area contributed by atoms with Crippen molar-refractivity contribution in [2.24, 2.45) is 0 Å². The van der Waals surface area contributed by atoms with Crippen LogP contribution in [0.5, 0.6) is 17.2 Å². The fourth-order valence-corrected chi connectivity index (χ4v) is 3.94. The van der Waals surface area contributed by atoms with Crippen LogP contribution in [0.4, 0.5) is 0 Å². The Labute approximate surface area is 182 Å². The molecule has 0 saturated heterocycles. The number of fused-ring (bicyclic) bond motifs is 1. The third-order valence-corrected chi connectivity index (χ3v) is 5.47. The van der Waals surface area contributed by atoms with E-state index < -0.39 is 0 Å². The van der Waals surface area contributed by atoms with E-state index in [1.807, 2.05) is 48.5 Å². The summed E-state index contributed by atoms with van der Waals surface area (Å²) >= 11 is 3.51. The highest BCUT2D eigenvalue weighted by Gasteiger charge is 2.24. The molecule has 0 unspecified atom stereocenters. The van der Waals surface area contributed by atoms with Crippen molar-refractivity contribution in [1.82, 2.24) is 4.98 Å². The molecule has 0 amide bonds. The Hall–Kier alpha value is -3.25. The van der Waals surface area contributed by atoms with Gasteiger partial charge in [0.25, 0.3) is 0 Å². The van der Waals surface area contributed by atoms with Gasteiger partial charge in [-0.25, -0.2) is 0 Å². The normalized spacial score (nSPS) is 10.8. The highest BCUT2D eigenvalue weighted by atomic mass is 79.9. The molecular weight excluding hydrogens is 446 g/mol. The molecule has 0 aliphatic rings. The Kier molecular flexibility index (Phi) is 5.50. The first-order valence-electron chi connectivity index (χ1n) is 9.28. The Morgan fingerprint density at radius 2 is 1.53 bits per heavy atom. The predicted octanol–water partition coefficient (Wildman–Crippen LogP) is 5.85. The number of aromatic nitrogens is 1. The molecule has 3 aromatic carbocycles. The number of ether oxygens (including phenoxy) is 3. The van der Waals surface area contributed by atoms with Gasteiger partial charge < -0.3 is 19.2 Å². The van der Waals surface area contributed by atoms with E-state index in [4.69, 9.17) is 14.2 Å². The molecule has 30 heavy (non-hydrogen) atoms. The van der Waals surface area contributed by atoms with Crippen LogP contribution in [0.3, 0.4) is 0 Å². The van der Waals surface area contributed by atoms with Crippen molar-refractivity contribution >= 4 is 32.6 Å². The lowest BCUT2D eigenvalue weighted by atomic mass is 9.96. The van der Waals surface area contributed by atoms with E-state index in [0.29, 0.717) is 28.4 Å². The van der Waals surface area contributed by atoms with Gasteiger partial charge in [-0.1, -0.05) is 52.3 Å². The number of aromatic amines is 1. The molecule has 1 heterocycles. The van der Waals surface area contributed by atoms with Crippen molar-refractivity contribution in [3.05, 3.63) is 76.3 Å². The minimum Gasteiger partial charge on any atom is -0.493 e. The molecule has 0 radical (unpaired) electrons. The van der Waals surface area contributed by atoms with Crippen LogP contribution in [0.1, 0.15) is 15.9 Å². The van der Waals surface area contributed by atoms with E-state index in [0.717, 1.165) is 26.6 Å². The van der Waals surface area contributed by atoms with Crippen LogP contribution < -0.4 is 14.2 Å². The molecule has 1 N–H and O–H groups in total. The molecule has 0 bridgehead atoms. The van der Waals surface area contributed by atoms with Gasteiger partial charge >= 0.3 is 0 Å². The number of ketones is 1. The van der Waals surface area contributed by atoms with Gasteiger partial charge in [0.1, 0.15) is 0 Å². The Morgan fingerprint density at radius 3 is 2.13 bits per heavy atom. The van der Waals surface area contributed by atoms with E-state index in [2.05, 4.69) is 20.9 Å². The molecule has 0 aliphatic carbocycles. The van der Waals surface area contributed by atoms with E-state index in [9.17, 15) is 4.79 Å². The molecule has 0 spiro atoms. The number of nitrogens with one attached hydrogen (secondary N) is 1. The highest BCUT2D eigenvalue weighted by Crippen LogP contribution is 2.40. The first-order valence-corrected chi connectivity index (χ1v) is 10.1. The number of hydrogen-bond donors (Lipinski definition) is 1. The van der Waals surface area contributed by atoms with E-state index in [1.54, 1.807) is 12.1 Å². The summed E-state index contributed by atoms with van der Waals surface area (Å²) < 4.78 is 17.2. The molecular formula is C24H20BrNO4. The summed E-state index contributed by atoms with van der Waals surface area (Å²) in [6.07, 6.45) is 0. The van der Waals surface area contributed by atoms with Gasteiger partial charge in [-0.2, -0.15) is 0 Å².